The summed E-state index contributed by atoms with van der Waals surface area (Å²) in [6.45, 7) is 15.9. The molecule has 0 N–H and O–H groups in total. The molecule has 11 heavy (non-hydrogen) atoms. The molecule has 0 aromatic rings. The highest BCUT2D eigenvalue weighted by Crippen LogP contribution is 2.15. The second-order valence-electron chi connectivity index (χ2n) is 4.21. The monoisotopic (exact) mass is 155 g/mol. The predicted molar refractivity (Wildman–Crippen MR) is 51.8 cm³/mol. The molecule has 0 fully saturated rings. The number of hydrogen-bond acceptors (Lipinski definition) is 1. The molecule has 0 aromatic heterocycles. The maximum atomic E-state index is 3.75. The van der Waals surface area contributed by atoms with Crippen molar-refractivity contribution in [1.29, 1.82) is 0 Å². The van der Waals surface area contributed by atoms with Crippen LogP contribution in [0.5, 0.6) is 0 Å². The third kappa shape index (κ3) is 3.57. The Morgan fingerprint density at radius 3 is 1.91 bits per heavy atom. The zero-order valence-corrected chi connectivity index (χ0v) is 8.52. The van der Waals surface area contributed by atoms with Crippen molar-refractivity contribution in [3.63, 3.8) is 0 Å². The smallest absolute Gasteiger partial charge is 0.0168 e. The summed E-state index contributed by atoms with van der Waals surface area (Å²) in [7, 11) is 0. The molecule has 0 aliphatic carbocycles. The van der Waals surface area contributed by atoms with Crippen LogP contribution in [0.2, 0.25) is 0 Å². The van der Waals surface area contributed by atoms with E-state index in [9.17, 15) is 0 Å². The topological polar surface area (TPSA) is 3.24 Å². The van der Waals surface area contributed by atoms with Gasteiger partial charge in [0.05, 0.1) is 0 Å². The minimum absolute atomic E-state index is 0.252. The zero-order chi connectivity index (χ0) is 9.07. The lowest BCUT2D eigenvalue weighted by atomic mass is 10.0. The fourth-order valence-electron chi connectivity index (χ4n) is 1.40. The molecule has 0 amide bonds. The van der Waals surface area contributed by atoms with E-state index in [0.29, 0.717) is 6.04 Å². The summed E-state index contributed by atoms with van der Waals surface area (Å²) < 4.78 is 0. The molecule has 0 rings (SSSR count). The van der Waals surface area contributed by atoms with Crippen molar-refractivity contribution in [3.05, 3.63) is 12.7 Å². The molecule has 0 aromatic carbocycles. The summed E-state index contributed by atoms with van der Waals surface area (Å²) >= 11 is 0. The molecule has 0 saturated heterocycles. The van der Waals surface area contributed by atoms with Crippen LogP contribution >= 0.6 is 0 Å². The Morgan fingerprint density at radius 2 is 1.82 bits per heavy atom. The Labute approximate surface area is 71.1 Å². The average molecular weight is 155 g/mol. The molecule has 0 heterocycles. The molecule has 0 unspecified atom stereocenters. The van der Waals surface area contributed by atoms with Gasteiger partial charge in [0.2, 0.25) is 0 Å². The van der Waals surface area contributed by atoms with E-state index in [-0.39, 0.29) is 5.54 Å². The van der Waals surface area contributed by atoms with Crippen molar-refractivity contribution in [3.8, 4) is 0 Å². The van der Waals surface area contributed by atoms with E-state index in [1.165, 1.54) is 0 Å². The van der Waals surface area contributed by atoms with Crippen molar-refractivity contribution in [2.75, 3.05) is 6.54 Å². The van der Waals surface area contributed by atoms with Gasteiger partial charge in [-0.05, 0) is 34.6 Å². The predicted octanol–water partition coefficient (Wildman–Crippen LogP) is 2.68. The van der Waals surface area contributed by atoms with E-state index < -0.39 is 0 Å². The normalized spacial score (nSPS) is 12.6. The number of hydrogen-bond donors (Lipinski definition) is 0. The van der Waals surface area contributed by atoms with Gasteiger partial charge in [0.15, 0.2) is 0 Å². The molecular formula is C10H21N. The van der Waals surface area contributed by atoms with Crippen LogP contribution < -0.4 is 0 Å². The van der Waals surface area contributed by atoms with Gasteiger partial charge in [0.25, 0.3) is 0 Å². The van der Waals surface area contributed by atoms with E-state index in [1.807, 2.05) is 6.08 Å². The molecule has 66 valence electrons. The second kappa shape index (κ2) is 3.91. The molecular weight excluding hydrogens is 134 g/mol. The van der Waals surface area contributed by atoms with E-state index >= 15 is 0 Å². The molecule has 0 aliphatic rings. The quantitative estimate of drug-likeness (QED) is 0.566. The van der Waals surface area contributed by atoms with Crippen LogP contribution in [-0.2, 0) is 0 Å². The van der Waals surface area contributed by atoms with Gasteiger partial charge in [-0.3, -0.25) is 4.90 Å². The third-order valence-corrected chi connectivity index (χ3v) is 1.81. The van der Waals surface area contributed by atoms with Gasteiger partial charge >= 0.3 is 0 Å². The SMILES string of the molecule is C=CCN(C(C)C)C(C)(C)C. The van der Waals surface area contributed by atoms with Crippen LogP contribution in [0.25, 0.3) is 0 Å². The Morgan fingerprint density at radius 1 is 1.36 bits per heavy atom. The van der Waals surface area contributed by atoms with Crippen molar-refractivity contribution in [1.82, 2.24) is 4.90 Å². The Balaban J connectivity index is 4.21. The first kappa shape index (κ1) is 10.7. The summed E-state index contributed by atoms with van der Waals surface area (Å²) in [5, 5.41) is 0. The number of rotatable bonds is 3. The van der Waals surface area contributed by atoms with E-state index in [4.69, 9.17) is 0 Å². The van der Waals surface area contributed by atoms with Crippen LogP contribution in [0, 0.1) is 0 Å². The molecule has 0 atom stereocenters. The molecule has 0 aliphatic heterocycles. The summed E-state index contributed by atoms with van der Waals surface area (Å²) in [6.07, 6.45) is 1.96. The first-order valence-electron chi connectivity index (χ1n) is 4.27. The second-order valence-corrected chi connectivity index (χ2v) is 4.21. The first-order chi connectivity index (χ1) is 4.89. The first-order valence-corrected chi connectivity index (χ1v) is 4.27. The Kier molecular flexibility index (Phi) is 3.81. The van der Waals surface area contributed by atoms with Crippen LogP contribution in [0.1, 0.15) is 34.6 Å². The third-order valence-electron chi connectivity index (χ3n) is 1.81. The summed E-state index contributed by atoms with van der Waals surface area (Å²) in [5.41, 5.74) is 0.252. The Bertz CT molecular complexity index is 119. The largest absolute Gasteiger partial charge is 0.292 e. The fraction of sp³-hybridized carbons (Fsp3) is 0.800. The van der Waals surface area contributed by atoms with E-state index in [0.717, 1.165) is 6.54 Å². The maximum absolute atomic E-state index is 3.75. The highest BCUT2D eigenvalue weighted by molar-refractivity contribution is 4.84. The minimum atomic E-state index is 0.252. The molecule has 0 saturated carbocycles. The van der Waals surface area contributed by atoms with E-state index in [2.05, 4.69) is 46.1 Å². The summed E-state index contributed by atoms with van der Waals surface area (Å²) in [5.74, 6) is 0. The van der Waals surface area contributed by atoms with Crippen LogP contribution in [0.4, 0.5) is 0 Å². The Hall–Kier alpha value is -0.300. The highest BCUT2D eigenvalue weighted by atomic mass is 15.2. The van der Waals surface area contributed by atoms with Crippen LogP contribution in [-0.4, -0.2) is 23.0 Å². The molecule has 0 bridgehead atoms. The van der Waals surface area contributed by atoms with Crippen molar-refractivity contribution < 1.29 is 0 Å². The lowest BCUT2D eigenvalue weighted by Crippen LogP contribution is -2.45. The minimum Gasteiger partial charge on any atom is -0.292 e. The molecule has 0 spiro atoms. The fourth-order valence-corrected chi connectivity index (χ4v) is 1.40. The maximum Gasteiger partial charge on any atom is 0.0168 e. The van der Waals surface area contributed by atoms with Gasteiger partial charge in [-0.2, -0.15) is 0 Å². The number of nitrogens with zero attached hydrogens (tertiary/aromatic N) is 1. The van der Waals surface area contributed by atoms with Crippen LogP contribution in [0.15, 0.2) is 12.7 Å². The van der Waals surface area contributed by atoms with Gasteiger partial charge in [0.1, 0.15) is 0 Å². The summed E-state index contributed by atoms with van der Waals surface area (Å²) in [4.78, 5) is 2.42. The molecule has 0 radical (unpaired) electrons. The van der Waals surface area contributed by atoms with E-state index in [1.54, 1.807) is 0 Å². The molecule has 1 nitrogen and oxygen atoms in total. The van der Waals surface area contributed by atoms with Gasteiger partial charge in [-0.25, -0.2) is 0 Å². The highest BCUT2D eigenvalue weighted by Gasteiger charge is 2.21. The van der Waals surface area contributed by atoms with Gasteiger partial charge < -0.3 is 0 Å². The van der Waals surface area contributed by atoms with Gasteiger partial charge in [0, 0.05) is 18.1 Å². The lowest BCUT2D eigenvalue weighted by Gasteiger charge is -2.38. The lowest BCUT2D eigenvalue weighted by molar-refractivity contribution is 0.115. The average Bonchev–Trinajstić information content (AvgIpc) is 1.79. The van der Waals surface area contributed by atoms with Crippen molar-refractivity contribution in [2.24, 2.45) is 0 Å². The standard InChI is InChI=1S/C10H21N/c1-7-8-11(9(2)3)10(4,5)6/h7,9H,1,8H2,2-6H3. The molecule has 1 heteroatoms. The zero-order valence-electron chi connectivity index (χ0n) is 8.52. The summed E-state index contributed by atoms with van der Waals surface area (Å²) in [6, 6.07) is 0.591. The van der Waals surface area contributed by atoms with Crippen molar-refractivity contribution in [2.45, 2.75) is 46.2 Å². The van der Waals surface area contributed by atoms with Crippen LogP contribution in [0.3, 0.4) is 0 Å². The van der Waals surface area contributed by atoms with Gasteiger partial charge in [-0.15, -0.1) is 6.58 Å². The van der Waals surface area contributed by atoms with Crippen molar-refractivity contribution >= 4 is 0 Å². The van der Waals surface area contributed by atoms with Gasteiger partial charge in [-0.1, -0.05) is 6.08 Å².